The van der Waals surface area contributed by atoms with Crippen LogP contribution in [-0.2, 0) is 11.3 Å². The van der Waals surface area contributed by atoms with Gasteiger partial charge in [-0.25, -0.2) is 0 Å². The topological polar surface area (TPSA) is 111 Å². The van der Waals surface area contributed by atoms with E-state index in [2.05, 4.69) is 15.6 Å². The van der Waals surface area contributed by atoms with E-state index < -0.39 is 5.91 Å². The van der Waals surface area contributed by atoms with Crippen molar-refractivity contribution < 1.29 is 18.7 Å². The van der Waals surface area contributed by atoms with Crippen LogP contribution in [0.4, 0.5) is 5.69 Å². The lowest BCUT2D eigenvalue weighted by Gasteiger charge is -2.12. The number of carbonyl (C=O) groups excluding carboxylic acids is 1. The number of hydrogen-bond acceptors (Lipinski definition) is 5. The van der Waals surface area contributed by atoms with Crippen LogP contribution >= 0.6 is 24.0 Å². The van der Waals surface area contributed by atoms with E-state index >= 15 is 0 Å². The summed E-state index contributed by atoms with van der Waals surface area (Å²) < 4.78 is 16.0. The molecule has 0 unspecified atom stereocenters. The molecule has 1 heterocycles. The molecule has 0 aliphatic rings. The van der Waals surface area contributed by atoms with Gasteiger partial charge in [0, 0.05) is 38.9 Å². The van der Waals surface area contributed by atoms with E-state index in [1.165, 1.54) is 0 Å². The van der Waals surface area contributed by atoms with Crippen LogP contribution in [-0.4, -0.2) is 39.2 Å². The molecule has 0 saturated heterocycles. The van der Waals surface area contributed by atoms with Crippen LogP contribution in [0.15, 0.2) is 45.8 Å². The Labute approximate surface area is 175 Å². The van der Waals surface area contributed by atoms with Crippen LogP contribution in [0.1, 0.15) is 22.7 Å². The summed E-state index contributed by atoms with van der Waals surface area (Å²) in [5.74, 6) is 1.43. The van der Waals surface area contributed by atoms with Crippen LogP contribution in [0, 0.1) is 0 Å². The molecule has 2 rings (SSSR count). The standard InChI is InChI=1S/C18H24N4O4.HI/c1-20-18(21-12-15-7-8-16(26-15)17(19)23)22-13-5-3-6-14(11-13)25-10-4-9-24-2;/h3,5-8,11H,4,9-10,12H2,1-2H3,(H2,19,23)(H2,20,21,22);1H. The molecule has 2 aromatic rings. The molecule has 148 valence electrons. The molecule has 0 saturated carbocycles. The maximum Gasteiger partial charge on any atom is 0.284 e. The molecule has 0 aliphatic carbocycles. The van der Waals surface area contributed by atoms with Crippen molar-refractivity contribution in [1.29, 1.82) is 0 Å². The molecule has 0 bridgehead atoms. The van der Waals surface area contributed by atoms with Crippen LogP contribution < -0.4 is 21.1 Å². The van der Waals surface area contributed by atoms with Crippen molar-refractivity contribution in [2.24, 2.45) is 10.7 Å². The molecule has 8 nitrogen and oxygen atoms in total. The zero-order valence-corrected chi connectivity index (χ0v) is 17.7. The van der Waals surface area contributed by atoms with Crippen molar-refractivity contribution in [2.45, 2.75) is 13.0 Å². The van der Waals surface area contributed by atoms with E-state index in [-0.39, 0.29) is 29.7 Å². The summed E-state index contributed by atoms with van der Waals surface area (Å²) in [4.78, 5) is 15.2. The monoisotopic (exact) mass is 488 g/mol. The Balaban J connectivity index is 0.00000364. The molecule has 0 atom stereocenters. The summed E-state index contributed by atoms with van der Waals surface area (Å²) in [7, 11) is 3.33. The zero-order chi connectivity index (χ0) is 18.8. The Morgan fingerprint density at radius 3 is 2.74 bits per heavy atom. The number of aliphatic imine (C=N–C) groups is 1. The molecule has 0 fully saturated rings. The predicted molar refractivity (Wildman–Crippen MR) is 115 cm³/mol. The molecule has 0 aliphatic heterocycles. The number of amides is 1. The van der Waals surface area contributed by atoms with Crippen molar-refractivity contribution in [3.8, 4) is 5.75 Å². The van der Waals surface area contributed by atoms with Gasteiger partial charge < -0.3 is 30.3 Å². The van der Waals surface area contributed by atoms with E-state index in [0.717, 1.165) is 17.9 Å². The number of halogens is 1. The van der Waals surface area contributed by atoms with Crippen molar-refractivity contribution in [2.75, 3.05) is 32.7 Å². The third-order valence-electron chi connectivity index (χ3n) is 3.42. The summed E-state index contributed by atoms with van der Waals surface area (Å²) in [5.41, 5.74) is 6.00. The SMILES string of the molecule is CN=C(NCc1ccc(C(N)=O)o1)Nc1cccc(OCCCOC)c1.I. The summed E-state index contributed by atoms with van der Waals surface area (Å²) in [5, 5.41) is 6.27. The van der Waals surface area contributed by atoms with E-state index in [1.54, 1.807) is 26.3 Å². The van der Waals surface area contributed by atoms with E-state index in [0.29, 0.717) is 31.5 Å². The number of rotatable bonds is 9. The number of guanidine groups is 1. The normalized spacial score (nSPS) is 10.8. The van der Waals surface area contributed by atoms with Crippen molar-refractivity contribution in [3.05, 3.63) is 47.9 Å². The fraction of sp³-hybridized carbons (Fsp3) is 0.333. The Morgan fingerprint density at radius 2 is 2.07 bits per heavy atom. The average molecular weight is 488 g/mol. The summed E-state index contributed by atoms with van der Waals surface area (Å²) >= 11 is 0. The Kier molecular flexibility index (Phi) is 10.3. The number of nitrogens with one attached hydrogen (secondary N) is 2. The van der Waals surface area contributed by atoms with E-state index in [9.17, 15) is 4.79 Å². The minimum Gasteiger partial charge on any atom is -0.493 e. The molecule has 9 heteroatoms. The third kappa shape index (κ3) is 7.87. The molecule has 0 radical (unpaired) electrons. The maximum atomic E-state index is 11.0. The number of methoxy groups -OCH3 is 1. The molecule has 1 amide bonds. The van der Waals surface area contributed by atoms with Crippen molar-refractivity contribution >= 4 is 41.5 Å². The second-order valence-electron chi connectivity index (χ2n) is 5.40. The second-order valence-corrected chi connectivity index (χ2v) is 5.40. The van der Waals surface area contributed by atoms with Crippen LogP contribution in [0.25, 0.3) is 0 Å². The smallest absolute Gasteiger partial charge is 0.284 e. The highest BCUT2D eigenvalue weighted by Crippen LogP contribution is 2.17. The van der Waals surface area contributed by atoms with Crippen molar-refractivity contribution in [1.82, 2.24) is 5.32 Å². The lowest BCUT2D eigenvalue weighted by molar-refractivity contribution is 0.0972. The van der Waals surface area contributed by atoms with E-state index in [4.69, 9.17) is 19.6 Å². The number of furan rings is 1. The molecular weight excluding hydrogens is 463 g/mol. The maximum absolute atomic E-state index is 11.0. The fourth-order valence-electron chi connectivity index (χ4n) is 2.15. The van der Waals surface area contributed by atoms with Gasteiger partial charge in [0.05, 0.1) is 13.2 Å². The number of primary amides is 1. The number of nitrogens with zero attached hydrogens (tertiary/aromatic N) is 1. The minimum absolute atomic E-state index is 0. The van der Waals surface area contributed by atoms with Crippen LogP contribution in [0.2, 0.25) is 0 Å². The number of carbonyl (C=O) groups is 1. The van der Waals surface area contributed by atoms with Gasteiger partial charge in [-0.15, -0.1) is 24.0 Å². The van der Waals surface area contributed by atoms with Crippen molar-refractivity contribution in [3.63, 3.8) is 0 Å². The minimum atomic E-state index is -0.596. The quantitative estimate of drug-likeness (QED) is 0.217. The highest BCUT2D eigenvalue weighted by atomic mass is 127. The molecule has 1 aromatic heterocycles. The number of anilines is 1. The fourth-order valence-corrected chi connectivity index (χ4v) is 2.15. The van der Waals surface area contributed by atoms with Gasteiger partial charge in [-0.3, -0.25) is 9.79 Å². The average Bonchev–Trinajstić information content (AvgIpc) is 3.12. The number of benzene rings is 1. The lowest BCUT2D eigenvalue weighted by atomic mass is 10.3. The van der Waals surface area contributed by atoms with Gasteiger partial charge in [-0.1, -0.05) is 6.07 Å². The first kappa shape index (κ1) is 22.8. The van der Waals surface area contributed by atoms with Gasteiger partial charge in [0.2, 0.25) is 0 Å². The van der Waals surface area contributed by atoms with Gasteiger partial charge in [0.1, 0.15) is 11.5 Å². The van der Waals surface area contributed by atoms with Gasteiger partial charge in [0.15, 0.2) is 11.7 Å². The third-order valence-corrected chi connectivity index (χ3v) is 3.42. The first-order chi connectivity index (χ1) is 12.6. The van der Waals surface area contributed by atoms with Gasteiger partial charge in [-0.2, -0.15) is 0 Å². The number of hydrogen-bond donors (Lipinski definition) is 3. The Morgan fingerprint density at radius 1 is 1.26 bits per heavy atom. The first-order valence-corrected chi connectivity index (χ1v) is 8.20. The second kappa shape index (κ2) is 12.2. The van der Waals surface area contributed by atoms with Gasteiger partial charge in [0.25, 0.3) is 5.91 Å². The molecular formula is C18H25IN4O4. The van der Waals surface area contributed by atoms with Crippen LogP contribution in [0.5, 0.6) is 5.75 Å². The Hall–Kier alpha value is -2.27. The summed E-state index contributed by atoms with van der Waals surface area (Å²) in [6.45, 7) is 1.61. The predicted octanol–water partition coefficient (Wildman–Crippen LogP) is 2.60. The molecule has 0 spiro atoms. The number of ether oxygens (including phenoxy) is 2. The van der Waals surface area contributed by atoms with Crippen LogP contribution in [0.3, 0.4) is 0 Å². The lowest BCUT2D eigenvalue weighted by Crippen LogP contribution is -2.30. The molecule has 1 aromatic carbocycles. The summed E-state index contributed by atoms with van der Waals surface area (Å²) in [6, 6.07) is 10.8. The van der Waals surface area contributed by atoms with Gasteiger partial charge >= 0.3 is 0 Å². The first-order valence-electron chi connectivity index (χ1n) is 8.20. The molecule has 27 heavy (non-hydrogen) atoms. The number of nitrogens with two attached hydrogens (primary N) is 1. The summed E-state index contributed by atoms with van der Waals surface area (Å²) in [6.07, 6.45) is 0.827. The van der Waals surface area contributed by atoms with E-state index in [1.807, 2.05) is 24.3 Å². The zero-order valence-electron chi connectivity index (χ0n) is 15.4. The van der Waals surface area contributed by atoms with Gasteiger partial charge in [-0.05, 0) is 24.3 Å². The largest absolute Gasteiger partial charge is 0.493 e. The highest BCUT2D eigenvalue weighted by molar-refractivity contribution is 14.0. The highest BCUT2D eigenvalue weighted by Gasteiger charge is 2.08. The molecule has 4 N–H and O–H groups in total. The Bertz CT molecular complexity index is 748.